The van der Waals surface area contributed by atoms with Gasteiger partial charge in [0.1, 0.15) is 12.0 Å². The van der Waals surface area contributed by atoms with Gasteiger partial charge in [-0.15, -0.1) is 11.3 Å². The van der Waals surface area contributed by atoms with Crippen LogP contribution in [-0.2, 0) is 0 Å². The molecule has 27 heavy (non-hydrogen) atoms. The number of rotatable bonds is 3. The number of likely N-dealkylation sites (tertiary alicyclic amines) is 1. The van der Waals surface area contributed by atoms with E-state index in [2.05, 4.69) is 15.1 Å². The number of carbonyl (C=O) groups is 1. The van der Waals surface area contributed by atoms with E-state index in [1.165, 1.54) is 12.4 Å². The predicted molar refractivity (Wildman–Crippen MR) is 97.4 cm³/mol. The molecule has 1 amide bonds. The van der Waals surface area contributed by atoms with Gasteiger partial charge in [-0.2, -0.15) is 14.6 Å². The van der Waals surface area contributed by atoms with Crippen molar-refractivity contribution in [3.63, 3.8) is 0 Å². The summed E-state index contributed by atoms with van der Waals surface area (Å²) in [5, 5.41) is 5.72. The van der Waals surface area contributed by atoms with E-state index in [9.17, 15) is 13.6 Å². The van der Waals surface area contributed by atoms with Crippen molar-refractivity contribution in [1.82, 2.24) is 24.5 Å². The average Bonchev–Trinajstić information content (AvgIpc) is 3.27. The Hall–Kier alpha value is -2.42. The van der Waals surface area contributed by atoms with E-state index >= 15 is 0 Å². The minimum atomic E-state index is -2.67. The highest BCUT2D eigenvalue weighted by molar-refractivity contribution is 7.10. The number of aromatic nitrogens is 4. The molecule has 1 aliphatic heterocycles. The van der Waals surface area contributed by atoms with E-state index in [0.717, 1.165) is 33.4 Å². The normalized spacial score (nSPS) is 17.8. The summed E-state index contributed by atoms with van der Waals surface area (Å²) in [6.45, 7) is 5.08. The number of fused-ring (bicyclic) bond motifs is 1. The zero-order chi connectivity index (χ0) is 19.1. The van der Waals surface area contributed by atoms with Gasteiger partial charge in [0.05, 0.1) is 11.3 Å². The Labute approximate surface area is 158 Å². The van der Waals surface area contributed by atoms with Crippen molar-refractivity contribution in [2.75, 3.05) is 13.1 Å². The summed E-state index contributed by atoms with van der Waals surface area (Å²) >= 11 is 1.57. The molecule has 0 saturated carbocycles. The minimum Gasteiger partial charge on any atom is -0.338 e. The number of halogens is 2. The second-order valence-electron chi connectivity index (χ2n) is 6.80. The molecule has 4 rings (SSSR count). The molecule has 0 unspecified atom stereocenters. The zero-order valence-corrected chi connectivity index (χ0v) is 15.8. The maximum atomic E-state index is 13.4. The maximum absolute atomic E-state index is 13.4. The molecule has 0 radical (unpaired) electrons. The number of piperidine rings is 1. The van der Waals surface area contributed by atoms with Gasteiger partial charge in [0, 0.05) is 29.3 Å². The van der Waals surface area contributed by atoms with Crippen LogP contribution < -0.4 is 0 Å². The van der Waals surface area contributed by atoms with Crippen LogP contribution in [0.15, 0.2) is 17.8 Å². The van der Waals surface area contributed by atoms with Gasteiger partial charge in [-0.1, -0.05) is 0 Å². The number of thiophene rings is 1. The molecule has 3 aromatic heterocycles. The van der Waals surface area contributed by atoms with Crippen LogP contribution in [0.3, 0.4) is 0 Å². The second kappa shape index (κ2) is 6.95. The fraction of sp³-hybridized carbons (Fsp3) is 0.444. The number of aryl methyl sites for hydroxylation is 1. The van der Waals surface area contributed by atoms with Crippen LogP contribution in [0.25, 0.3) is 5.78 Å². The van der Waals surface area contributed by atoms with Crippen molar-refractivity contribution in [1.29, 1.82) is 0 Å². The molecule has 0 aromatic carbocycles. The first-order valence-electron chi connectivity index (χ1n) is 8.78. The van der Waals surface area contributed by atoms with Crippen molar-refractivity contribution in [2.24, 2.45) is 0 Å². The Balaban J connectivity index is 1.62. The minimum absolute atomic E-state index is 0.000751. The molecule has 142 valence electrons. The SMILES string of the molecule is Cc1scc(C(=O)N2CCC[C@H](c3cc(C(F)F)n4ncnc4n3)C2)c1C. The van der Waals surface area contributed by atoms with Gasteiger partial charge >= 0.3 is 0 Å². The van der Waals surface area contributed by atoms with Gasteiger partial charge in [-0.05, 0) is 38.3 Å². The maximum Gasteiger partial charge on any atom is 0.280 e. The summed E-state index contributed by atoms with van der Waals surface area (Å²) in [7, 11) is 0. The molecule has 1 saturated heterocycles. The van der Waals surface area contributed by atoms with Crippen molar-refractivity contribution in [3.8, 4) is 0 Å². The first-order chi connectivity index (χ1) is 13.0. The van der Waals surface area contributed by atoms with Crippen LogP contribution in [0.2, 0.25) is 0 Å². The lowest BCUT2D eigenvalue weighted by Gasteiger charge is -2.32. The summed E-state index contributed by atoms with van der Waals surface area (Å²) in [4.78, 5) is 24.2. The van der Waals surface area contributed by atoms with E-state index in [4.69, 9.17) is 0 Å². The smallest absolute Gasteiger partial charge is 0.280 e. The quantitative estimate of drug-likeness (QED) is 0.682. The zero-order valence-electron chi connectivity index (χ0n) is 15.0. The van der Waals surface area contributed by atoms with Crippen molar-refractivity contribution < 1.29 is 13.6 Å². The Bertz CT molecular complexity index is 999. The highest BCUT2D eigenvalue weighted by Gasteiger charge is 2.29. The molecule has 1 fully saturated rings. The molecule has 9 heteroatoms. The Morgan fingerprint density at radius 3 is 2.89 bits per heavy atom. The summed E-state index contributed by atoms with van der Waals surface area (Å²) < 4.78 is 27.9. The van der Waals surface area contributed by atoms with E-state index in [-0.39, 0.29) is 23.3 Å². The van der Waals surface area contributed by atoms with Crippen LogP contribution >= 0.6 is 11.3 Å². The van der Waals surface area contributed by atoms with Gasteiger partial charge in [-0.25, -0.2) is 13.8 Å². The third-order valence-electron chi connectivity index (χ3n) is 5.17. The van der Waals surface area contributed by atoms with E-state index in [1.54, 1.807) is 16.2 Å². The average molecular weight is 391 g/mol. The summed E-state index contributed by atoms with van der Waals surface area (Å²) in [6.07, 6.45) is 0.151. The van der Waals surface area contributed by atoms with Crippen LogP contribution in [0.4, 0.5) is 8.78 Å². The molecular weight excluding hydrogens is 372 g/mol. The molecule has 6 nitrogen and oxygen atoms in total. The number of alkyl halides is 2. The lowest BCUT2D eigenvalue weighted by atomic mass is 9.93. The van der Waals surface area contributed by atoms with Gasteiger partial charge in [-0.3, -0.25) is 4.79 Å². The molecule has 1 atom stereocenters. The third kappa shape index (κ3) is 3.20. The van der Waals surface area contributed by atoms with Gasteiger partial charge in [0.15, 0.2) is 0 Å². The monoisotopic (exact) mass is 391 g/mol. The Morgan fingerprint density at radius 1 is 1.37 bits per heavy atom. The number of nitrogens with zero attached hydrogens (tertiary/aromatic N) is 5. The molecular formula is C18H19F2N5OS. The van der Waals surface area contributed by atoms with E-state index in [1.807, 2.05) is 19.2 Å². The predicted octanol–water partition coefficient (Wildman–Crippen LogP) is 3.76. The van der Waals surface area contributed by atoms with Gasteiger partial charge in [0.2, 0.25) is 0 Å². The largest absolute Gasteiger partial charge is 0.338 e. The van der Waals surface area contributed by atoms with E-state index in [0.29, 0.717) is 18.8 Å². The van der Waals surface area contributed by atoms with Gasteiger partial charge < -0.3 is 4.90 Å². The fourth-order valence-electron chi connectivity index (χ4n) is 3.52. The Kier molecular flexibility index (Phi) is 4.63. The number of carbonyl (C=O) groups excluding carboxylic acids is 1. The third-order valence-corrected chi connectivity index (χ3v) is 6.18. The summed E-state index contributed by atoms with van der Waals surface area (Å²) in [5.74, 6) is 0.0664. The lowest BCUT2D eigenvalue weighted by Crippen LogP contribution is -2.39. The van der Waals surface area contributed by atoms with Crippen molar-refractivity contribution in [2.45, 2.75) is 39.0 Å². The van der Waals surface area contributed by atoms with Crippen LogP contribution in [0.5, 0.6) is 0 Å². The fourth-order valence-corrected chi connectivity index (χ4v) is 4.38. The first-order valence-corrected chi connectivity index (χ1v) is 9.66. The topological polar surface area (TPSA) is 63.4 Å². The summed E-state index contributed by atoms with van der Waals surface area (Å²) in [6, 6.07) is 1.39. The first kappa shape index (κ1) is 18.0. The molecule has 3 aromatic rings. The van der Waals surface area contributed by atoms with Crippen molar-refractivity contribution >= 4 is 23.0 Å². The highest BCUT2D eigenvalue weighted by atomic mass is 32.1. The lowest BCUT2D eigenvalue weighted by molar-refractivity contribution is 0.0705. The van der Waals surface area contributed by atoms with Crippen LogP contribution in [-0.4, -0.2) is 43.5 Å². The Morgan fingerprint density at radius 2 is 2.19 bits per heavy atom. The molecule has 1 aliphatic rings. The highest BCUT2D eigenvalue weighted by Crippen LogP contribution is 2.30. The molecule has 0 spiro atoms. The molecule has 4 heterocycles. The molecule has 0 bridgehead atoms. The number of hydrogen-bond acceptors (Lipinski definition) is 5. The number of amides is 1. The van der Waals surface area contributed by atoms with Gasteiger partial charge in [0.25, 0.3) is 18.1 Å². The van der Waals surface area contributed by atoms with Crippen molar-refractivity contribution in [3.05, 3.63) is 45.2 Å². The number of hydrogen-bond donors (Lipinski definition) is 0. The van der Waals surface area contributed by atoms with E-state index < -0.39 is 6.43 Å². The van der Waals surface area contributed by atoms with Crippen LogP contribution in [0, 0.1) is 13.8 Å². The molecule has 0 N–H and O–H groups in total. The van der Waals surface area contributed by atoms with Crippen LogP contribution in [0.1, 0.15) is 57.4 Å². The summed E-state index contributed by atoms with van der Waals surface area (Å²) in [5.41, 5.74) is 2.06. The standard InChI is InChI=1S/C18H19F2N5OS/c1-10-11(2)27-8-13(10)17(26)24-5-3-4-12(7-24)14-6-15(16(19)20)25-18(23-14)21-9-22-25/h6,8-9,12,16H,3-5,7H2,1-2H3/t12-/m0/s1. The second-order valence-corrected chi connectivity index (χ2v) is 7.88. The molecule has 0 aliphatic carbocycles.